The second kappa shape index (κ2) is 4.66. The van der Waals surface area contributed by atoms with Crippen LogP contribution in [0.25, 0.3) is 22.4 Å². The fourth-order valence-corrected chi connectivity index (χ4v) is 2.81. The molecule has 2 aromatic carbocycles. The monoisotopic (exact) mass is 304 g/mol. The first-order valence-corrected chi connectivity index (χ1v) is 8.20. The van der Waals surface area contributed by atoms with Gasteiger partial charge in [-0.2, -0.15) is 0 Å². The standard InChI is InChI=1S/C15H13FN2O2S/c1-9-3-5-12(16)11(7-9)15-17-13-6-4-10(21(2,19)20)8-14(13)18-15/h3-8H,1-2H3,(H,17,18). The minimum atomic E-state index is -3.29. The van der Waals surface area contributed by atoms with E-state index < -0.39 is 9.84 Å². The number of benzene rings is 2. The number of nitrogens with one attached hydrogen (secondary N) is 1. The Morgan fingerprint density at radius 1 is 1.14 bits per heavy atom. The number of nitrogens with zero attached hydrogens (tertiary/aromatic N) is 1. The van der Waals surface area contributed by atoms with E-state index in [0.717, 1.165) is 11.8 Å². The van der Waals surface area contributed by atoms with Crippen LogP contribution in [0.2, 0.25) is 0 Å². The van der Waals surface area contributed by atoms with Crippen LogP contribution < -0.4 is 0 Å². The summed E-state index contributed by atoms with van der Waals surface area (Å²) >= 11 is 0. The van der Waals surface area contributed by atoms with Crippen LogP contribution in [-0.4, -0.2) is 24.6 Å². The fraction of sp³-hybridized carbons (Fsp3) is 0.133. The van der Waals surface area contributed by atoms with Crippen molar-refractivity contribution in [1.82, 2.24) is 9.97 Å². The highest BCUT2D eigenvalue weighted by atomic mass is 32.2. The number of halogens is 1. The predicted octanol–water partition coefficient (Wildman–Crippen LogP) is 3.08. The zero-order valence-electron chi connectivity index (χ0n) is 11.5. The third-order valence-electron chi connectivity index (χ3n) is 3.26. The van der Waals surface area contributed by atoms with Crippen molar-refractivity contribution in [2.45, 2.75) is 11.8 Å². The summed E-state index contributed by atoms with van der Waals surface area (Å²) in [6, 6.07) is 9.39. The number of H-pyrrole nitrogens is 1. The van der Waals surface area contributed by atoms with E-state index in [2.05, 4.69) is 9.97 Å². The van der Waals surface area contributed by atoms with Crippen molar-refractivity contribution in [2.75, 3.05) is 6.26 Å². The molecule has 0 saturated carbocycles. The van der Waals surface area contributed by atoms with Gasteiger partial charge in [0.2, 0.25) is 0 Å². The second-order valence-corrected chi connectivity index (χ2v) is 7.04. The van der Waals surface area contributed by atoms with Crippen LogP contribution in [0, 0.1) is 12.7 Å². The molecule has 0 radical (unpaired) electrons. The van der Waals surface area contributed by atoms with E-state index >= 15 is 0 Å². The van der Waals surface area contributed by atoms with Gasteiger partial charge in [-0.05, 0) is 37.3 Å². The van der Waals surface area contributed by atoms with Gasteiger partial charge in [0, 0.05) is 6.26 Å². The number of aryl methyl sites for hydroxylation is 1. The molecule has 0 aliphatic rings. The Bertz CT molecular complexity index is 945. The molecule has 3 rings (SSSR count). The van der Waals surface area contributed by atoms with Gasteiger partial charge < -0.3 is 4.98 Å². The number of hydrogen-bond donors (Lipinski definition) is 1. The number of aromatic amines is 1. The minimum Gasteiger partial charge on any atom is -0.338 e. The second-order valence-electron chi connectivity index (χ2n) is 5.02. The lowest BCUT2D eigenvalue weighted by Crippen LogP contribution is -1.96. The van der Waals surface area contributed by atoms with E-state index in [1.54, 1.807) is 18.2 Å². The first-order valence-electron chi connectivity index (χ1n) is 6.31. The maximum Gasteiger partial charge on any atom is 0.175 e. The maximum absolute atomic E-state index is 13.9. The predicted molar refractivity (Wildman–Crippen MR) is 79.3 cm³/mol. The molecule has 0 amide bonds. The van der Waals surface area contributed by atoms with Crippen molar-refractivity contribution in [3.05, 3.63) is 47.8 Å². The number of hydrogen-bond acceptors (Lipinski definition) is 3. The molecule has 0 saturated heterocycles. The molecule has 0 spiro atoms. The van der Waals surface area contributed by atoms with Gasteiger partial charge in [0.1, 0.15) is 11.6 Å². The van der Waals surface area contributed by atoms with Gasteiger partial charge in [-0.25, -0.2) is 17.8 Å². The molecule has 0 bridgehead atoms. The van der Waals surface area contributed by atoms with Gasteiger partial charge >= 0.3 is 0 Å². The van der Waals surface area contributed by atoms with Crippen LogP contribution in [0.1, 0.15) is 5.56 Å². The van der Waals surface area contributed by atoms with E-state index in [0.29, 0.717) is 22.4 Å². The Morgan fingerprint density at radius 3 is 2.62 bits per heavy atom. The van der Waals surface area contributed by atoms with Crippen molar-refractivity contribution in [3.63, 3.8) is 0 Å². The Morgan fingerprint density at radius 2 is 1.90 bits per heavy atom. The Hall–Kier alpha value is -2.21. The lowest BCUT2D eigenvalue weighted by molar-refractivity contribution is 0.602. The van der Waals surface area contributed by atoms with Gasteiger partial charge in [-0.1, -0.05) is 11.6 Å². The van der Waals surface area contributed by atoms with Gasteiger partial charge in [0.25, 0.3) is 0 Å². The Balaban J connectivity index is 2.20. The summed E-state index contributed by atoms with van der Waals surface area (Å²) in [6.45, 7) is 1.87. The lowest BCUT2D eigenvalue weighted by atomic mass is 10.1. The zero-order valence-corrected chi connectivity index (χ0v) is 12.3. The van der Waals surface area contributed by atoms with Crippen molar-refractivity contribution in [2.24, 2.45) is 0 Å². The van der Waals surface area contributed by atoms with Crippen molar-refractivity contribution in [3.8, 4) is 11.4 Å². The summed E-state index contributed by atoms with van der Waals surface area (Å²) in [7, 11) is -3.29. The molecule has 3 aromatic rings. The molecular formula is C15H13FN2O2S. The summed E-state index contributed by atoms with van der Waals surface area (Å²) in [4.78, 5) is 7.50. The number of aromatic nitrogens is 2. The van der Waals surface area contributed by atoms with Crippen LogP contribution in [0.5, 0.6) is 0 Å². The molecule has 21 heavy (non-hydrogen) atoms. The van der Waals surface area contributed by atoms with Crippen molar-refractivity contribution in [1.29, 1.82) is 0 Å². The van der Waals surface area contributed by atoms with Gasteiger partial charge in [0.05, 0.1) is 21.5 Å². The van der Waals surface area contributed by atoms with Crippen LogP contribution in [0.4, 0.5) is 4.39 Å². The summed E-state index contributed by atoms with van der Waals surface area (Å²) < 4.78 is 37.0. The molecular weight excluding hydrogens is 291 g/mol. The molecule has 1 N–H and O–H groups in total. The minimum absolute atomic E-state index is 0.204. The van der Waals surface area contributed by atoms with E-state index in [1.165, 1.54) is 18.2 Å². The van der Waals surface area contributed by atoms with Gasteiger partial charge in [-0.15, -0.1) is 0 Å². The molecule has 0 aliphatic carbocycles. The Kier molecular flexibility index (Phi) is 3.06. The van der Waals surface area contributed by atoms with Crippen LogP contribution in [0.3, 0.4) is 0 Å². The third kappa shape index (κ3) is 2.54. The molecule has 4 nitrogen and oxygen atoms in total. The van der Waals surface area contributed by atoms with E-state index in [4.69, 9.17) is 0 Å². The average molecular weight is 304 g/mol. The molecule has 6 heteroatoms. The summed E-state index contributed by atoms with van der Waals surface area (Å²) in [5, 5.41) is 0. The lowest BCUT2D eigenvalue weighted by Gasteiger charge is -2.00. The molecule has 0 atom stereocenters. The number of rotatable bonds is 2. The molecule has 0 unspecified atom stereocenters. The average Bonchev–Trinajstić information content (AvgIpc) is 2.83. The zero-order chi connectivity index (χ0) is 15.2. The normalized spacial score (nSPS) is 12.0. The summed E-state index contributed by atoms with van der Waals surface area (Å²) in [5.41, 5.74) is 2.45. The van der Waals surface area contributed by atoms with Crippen LogP contribution >= 0.6 is 0 Å². The molecule has 0 aliphatic heterocycles. The SMILES string of the molecule is Cc1ccc(F)c(-c2nc3ccc(S(C)(=O)=O)cc3[nH]2)c1. The van der Waals surface area contributed by atoms with Crippen LogP contribution in [0.15, 0.2) is 41.3 Å². The summed E-state index contributed by atoms with van der Waals surface area (Å²) in [6.07, 6.45) is 1.14. The quantitative estimate of drug-likeness (QED) is 0.791. The first kappa shape index (κ1) is 13.8. The summed E-state index contributed by atoms with van der Waals surface area (Å²) in [5.74, 6) is 0.0137. The van der Waals surface area contributed by atoms with E-state index in [-0.39, 0.29) is 10.7 Å². The van der Waals surface area contributed by atoms with Crippen molar-refractivity contribution >= 4 is 20.9 Å². The highest BCUT2D eigenvalue weighted by Gasteiger charge is 2.13. The Labute approximate surface area is 121 Å². The van der Waals surface area contributed by atoms with Gasteiger partial charge in [0.15, 0.2) is 9.84 Å². The maximum atomic E-state index is 13.9. The number of imidazole rings is 1. The van der Waals surface area contributed by atoms with Crippen molar-refractivity contribution < 1.29 is 12.8 Å². The first-order chi connectivity index (χ1) is 9.84. The number of fused-ring (bicyclic) bond motifs is 1. The molecule has 108 valence electrons. The molecule has 0 fully saturated rings. The largest absolute Gasteiger partial charge is 0.338 e. The topological polar surface area (TPSA) is 62.8 Å². The third-order valence-corrected chi connectivity index (χ3v) is 4.37. The van der Waals surface area contributed by atoms with E-state index in [9.17, 15) is 12.8 Å². The highest BCUT2D eigenvalue weighted by molar-refractivity contribution is 7.90. The number of sulfone groups is 1. The fourth-order valence-electron chi connectivity index (χ4n) is 2.17. The molecule has 1 heterocycles. The smallest absolute Gasteiger partial charge is 0.175 e. The van der Waals surface area contributed by atoms with Crippen LogP contribution in [-0.2, 0) is 9.84 Å². The van der Waals surface area contributed by atoms with E-state index in [1.807, 2.05) is 6.92 Å². The highest BCUT2D eigenvalue weighted by Crippen LogP contribution is 2.25. The van der Waals surface area contributed by atoms with Gasteiger partial charge in [-0.3, -0.25) is 0 Å². The molecule has 1 aromatic heterocycles.